The van der Waals surface area contributed by atoms with E-state index in [1.807, 2.05) is 36.4 Å². The Morgan fingerprint density at radius 3 is 2.25 bits per heavy atom. The molecule has 0 radical (unpaired) electrons. The first-order valence-electron chi connectivity index (χ1n) is 13.5. The molecule has 1 saturated heterocycles. The zero-order chi connectivity index (χ0) is 26.9. The van der Waals surface area contributed by atoms with Crippen molar-refractivity contribution in [2.75, 3.05) is 51.3 Å². The molecule has 0 aliphatic carbocycles. The van der Waals surface area contributed by atoms with Gasteiger partial charge in [0.1, 0.15) is 5.75 Å². The molecule has 1 fully saturated rings. The van der Waals surface area contributed by atoms with E-state index in [9.17, 15) is 14.4 Å². The Bertz CT molecular complexity index is 1350. The average Bonchev–Trinajstić information content (AvgIpc) is 2.95. The Hall–Kier alpha value is -3.01. The number of carbonyl (C=O) groups is 1. The molecule has 40 heavy (non-hydrogen) atoms. The number of halogens is 2. The highest BCUT2D eigenvalue weighted by Crippen LogP contribution is 2.28. The van der Waals surface area contributed by atoms with Crippen LogP contribution in [0.4, 0.5) is 5.69 Å². The van der Waals surface area contributed by atoms with Crippen LogP contribution in [0.3, 0.4) is 0 Å². The number of anilines is 1. The first kappa shape index (κ1) is 33.2. The highest BCUT2D eigenvalue weighted by Gasteiger charge is 2.20. The molecule has 1 aliphatic rings. The monoisotopic (exact) mass is 594 g/mol. The molecule has 0 spiro atoms. The third-order valence-corrected chi connectivity index (χ3v) is 7.14. The number of ether oxygens (including phenoxy) is 2. The predicted octanol–water partition coefficient (Wildman–Crippen LogP) is 3.96. The number of carbonyl (C=O) groups excluding carboxylic acids is 1. The Kier molecular flexibility index (Phi) is 13.5. The molecule has 2 heterocycles. The molecule has 11 heteroatoms. The molecule has 0 amide bonds. The van der Waals surface area contributed by atoms with Gasteiger partial charge in [0.15, 0.2) is 0 Å². The summed E-state index contributed by atoms with van der Waals surface area (Å²) in [6, 6.07) is 15.3. The smallest absolute Gasteiger partial charge is 0.331 e. The standard InChI is InChI=1S/C29H38N4O5.2ClH/c1-3-38-27(34)15-5-4-10-16-32-24-12-7-6-11-23(24)28(35)33(29(32)36)22-19-30-17-20-31(21-18-30)25-13-8-9-14-26(25)37-2;;/h6-9,11-14H,3-5,10,15-22H2,1-2H3;2*1H. The third-order valence-electron chi connectivity index (χ3n) is 7.14. The number of aryl methyl sites for hydroxylation is 1. The molecular formula is C29H40Cl2N4O5. The number of esters is 1. The van der Waals surface area contributed by atoms with Gasteiger partial charge in [-0.1, -0.05) is 30.7 Å². The lowest BCUT2D eigenvalue weighted by Crippen LogP contribution is -2.49. The van der Waals surface area contributed by atoms with Gasteiger partial charge in [-0.2, -0.15) is 0 Å². The van der Waals surface area contributed by atoms with Crippen molar-refractivity contribution in [2.45, 2.75) is 45.7 Å². The molecular weight excluding hydrogens is 555 g/mol. The Balaban J connectivity index is 0.00000280. The lowest BCUT2D eigenvalue weighted by atomic mass is 10.2. The molecule has 4 rings (SSSR count). The van der Waals surface area contributed by atoms with Gasteiger partial charge >= 0.3 is 11.7 Å². The number of aromatic nitrogens is 2. The lowest BCUT2D eigenvalue weighted by molar-refractivity contribution is -0.143. The number of para-hydroxylation sites is 3. The van der Waals surface area contributed by atoms with E-state index in [-0.39, 0.29) is 42.0 Å². The predicted molar refractivity (Wildman–Crippen MR) is 164 cm³/mol. The number of fused-ring (bicyclic) bond motifs is 1. The maximum absolute atomic E-state index is 13.5. The van der Waals surface area contributed by atoms with Gasteiger partial charge in [-0.3, -0.25) is 23.6 Å². The number of hydrogen-bond acceptors (Lipinski definition) is 7. The minimum Gasteiger partial charge on any atom is -0.495 e. The second-order valence-electron chi connectivity index (χ2n) is 9.52. The number of hydrogen-bond donors (Lipinski definition) is 0. The van der Waals surface area contributed by atoms with Crippen molar-refractivity contribution in [1.29, 1.82) is 0 Å². The zero-order valence-electron chi connectivity index (χ0n) is 23.3. The van der Waals surface area contributed by atoms with E-state index in [4.69, 9.17) is 9.47 Å². The molecule has 0 saturated carbocycles. The average molecular weight is 596 g/mol. The van der Waals surface area contributed by atoms with Crippen LogP contribution in [0.2, 0.25) is 0 Å². The van der Waals surface area contributed by atoms with Crippen molar-refractivity contribution in [3.63, 3.8) is 0 Å². The molecule has 9 nitrogen and oxygen atoms in total. The van der Waals surface area contributed by atoms with Gasteiger partial charge in [-0.05, 0) is 44.0 Å². The Labute approximate surface area is 247 Å². The van der Waals surface area contributed by atoms with Gasteiger partial charge in [-0.25, -0.2) is 4.79 Å². The second-order valence-corrected chi connectivity index (χ2v) is 9.52. The normalized spacial score (nSPS) is 13.4. The topological polar surface area (TPSA) is 86.0 Å². The fourth-order valence-corrected chi connectivity index (χ4v) is 5.08. The van der Waals surface area contributed by atoms with Crippen LogP contribution in [-0.4, -0.2) is 66.4 Å². The molecule has 0 unspecified atom stereocenters. The van der Waals surface area contributed by atoms with Crippen molar-refractivity contribution in [3.8, 4) is 5.75 Å². The van der Waals surface area contributed by atoms with Gasteiger partial charge in [0.05, 0.1) is 30.3 Å². The van der Waals surface area contributed by atoms with Gasteiger partial charge in [0.2, 0.25) is 0 Å². The van der Waals surface area contributed by atoms with Gasteiger partial charge < -0.3 is 14.4 Å². The number of methoxy groups -OCH3 is 1. The highest BCUT2D eigenvalue weighted by molar-refractivity contribution is 5.85. The number of unbranched alkanes of at least 4 members (excludes halogenated alkanes) is 2. The fraction of sp³-hybridized carbons (Fsp3) is 0.483. The van der Waals surface area contributed by atoms with Gasteiger partial charge in [-0.15, -0.1) is 24.8 Å². The first-order chi connectivity index (χ1) is 18.5. The van der Waals surface area contributed by atoms with Crippen LogP contribution in [-0.2, 0) is 22.6 Å². The maximum Gasteiger partial charge on any atom is 0.331 e. The van der Waals surface area contributed by atoms with Crippen molar-refractivity contribution in [1.82, 2.24) is 14.0 Å². The Morgan fingerprint density at radius 1 is 0.825 bits per heavy atom. The van der Waals surface area contributed by atoms with Crippen molar-refractivity contribution < 1.29 is 14.3 Å². The van der Waals surface area contributed by atoms with Crippen LogP contribution in [0.15, 0.2) is 58.1 Å². The summed E-state index contributed by atoms with van der Waals surface area (Å²) in [6.07, 6.45) is 2.64. The van der Waals surface area contributed by atoms with Gasteiger partial charge in [0, 0.05) is 52.2 Å². The van der Waals surface area contributed by atoms with Crippen LogP contribution in [0.1, 0.15) is 32.6 Å². The molecule has 0 atom stereocenters. The fourth-order valence-electron chi connectivity index (χ4n) is 5.08. The number of rotatable bonds is 12. The molecule has 3 aromatic rings. The van der Waals surface area contributed by atoms with E-state index in [1.54, 1.807) is 24.7 Å². The van der Waals surface area contributed by atoms with Crippen LogP contribution in [0.25, 0.3) is 10.9 Å². The molecule has 0 N–H and O–H groups in total. The van der Waals surface area contributed by atoms with Crippen LogP contribution in [0, 0.1) is 0 Å². The molecule has 2 aromatic carbocycles. The van der Waals surface area contributed by atoms with Crippen LogP contribution in [0.5, 0.6) is 5.75 Å². The lowest BCUT2D eigenvalue weighted by Gasteiger charge is -2.36. The van der Waals surface area contributed by atoms with Gasteiger partial charge in [0.25, 0.3) is 5.56 Å². The van der Waals surface area contributed by atoms with Crippen molar-refractivity contribution >= 4 is 47.4 Å². The quantitative estimate of drug-likeness (QED) is 0.232. The van der Waals surface area contributed by atoms with E-state index in [1.165, 1.54) is 4.57 Å². The summed E-state index contributed by atoms with van der Waals surface area (Å²) in [6.45, 7) is 7.05. The second kappa shape index (κ2) is 16.3. The van der Waals surface area contributed by atoms with E-state index >= 15 is 0 Å². The summed E-state index contributed by atoms with van der Waals surface area (Å²) >= 11 is 0. The third kappa shape index (κ3) is 8.02. The zero-order valence-corrected chi connectivity index (χ0v) is 24.9. The SMILES string of the molecule is CCOC(=O)CCCCCn1c(=O)n(CCN2CCN(c3ccccc3OC)CC2)c(=O)c2ccccc21.Cl.Cl. The number of nitrogens with zero attached hydrogens (tertiary/aromatic N) is 4. The highest BCUT2D eigenvalue weighted by atomic mass is 35.5. The first-order valence-corrected chi connectivity index (χ1v) is 13.5. The van der Waals surface area contributed by atoms with E-state index in [0.717, 1.165) is 50.5 Å². The number of benzene rings is 2. The molecule has 220 valence electrons. The Morgan fingerprint density at radius 2 is 1.52 bits per heavy atom. The summed E-state index contributed by atoms with van der Waals surface area (Å²) in [4.78, 5) is 42.9. The minimum atomic E-state index is -0.272. The maximum atomic E-state index is 13.5. The summed E-state index contributed by atoms with van der Waals surface area (Å²) < 4.78 is 13.6. The molecule has 0 bridgehead atoms. The minimum absolute atomic E-state index is 0. The van der Waals surface area contributed by atoms with E-state index in [2.05, 4.69) is 15.9 Å². The summed E-state index contributed by atoms with van der Waals surface area (Å²) in [5, 5.41) is 0.555. The summed E-state index contributed by atoms with van der Waals surface area (Å²) in [5.41, 5.74) is 1.24. The van der Waals surface area contributed by atoms with Crippen LogP contribution >= 0.6 is 24.8 Å². The van der Waals surface area contributed by atoms with E-state index < -0.39 is 0 Å². The summed E-state index contributed by atoms with van der Waals surface area (Å²) in [7, 11) is 1.69. The molecule has 1 aromatic heterocycles. The molecule has 1 aliphatic heterocycles. The van der Waals surface area contributed by atoms with Crippen molar-refractivity contribution in [2.24, 2.45) is 0 Å². The van der Waals surface area contributed by atoms with Crippen molar-refractivity contribution in [3.05, 3.63) is 69.4 Å². The largest absolute Gasteiger partial charge is 0.495 e. The number of piperazine rings is 1. The summed E-state index contributed by atoms with van der Waals surface area (Å²) in [5.74, 6) is 0.678. The van der Waals surface area contributed by atoms with Crippen LogP contribution < -0.4 is 20.9 Å². The van der Waals surface area contributed by atoms with E-state index in [0.29, 0.717) is 50.0 Å².